The summed E-state index contributed by atoms with van der Waals surface area (Å²) in [6.07, 6.45) is 1.63. The summed E-state index contributed by atoms with van der Waals surface area (Å²) >= 11 is 5.64. The molecule has 0 heterocycles. The lowest BCUT2D eigenvalue weighted by molar-refractivity contribution is 0.0703. The molecular weight excluding hydrogens is 398 g/mol. The first-order chi connectivity index (χ1) is 6.67. The third kappa shape index (κ3) is 0.519. The van der Waals surface area contributed by atoms with E-state index in [0.717, 1.165) is 36.9 Å². The average molecular weight is 412 g/mol. The van der Waals surface area contributed by atoms with Crippen molar-refractivity contribution in [2.24, 2.45) is 46.8 Å². The SMILES string of the molecule is C[C@]12[C@@H]3[C@@H](I)[C@H]4[C@H]5C[C@H]([C@H]([C@H]53)[C@@H]1I)[C@@H]42. The van der Waals surface area contributed by atoms with Crippen molar-refractivity contribution >= 4 is 45.2 Å². The Hall–Kier alpha value is 1.46. The summed E-state index contributed by atoms with van der Waals surface area (Å²) in [6, 6.07) is 0. The summed E-state index contributed by atoms with van der Waals surface area (Å²) in [5, 5.41) is 0. The second-order valence-electron chi connectivity index (χ2n) is 6.56. The highest BCUT2D eigenvalue weighted by Crippen LogP contribution is 2.89. The normalized spacial score (nSPS) is 85.5. The van der Waals surface area contributed by atoms with Crippen LogP contribution in [-0.4, -0.2) is 7.85 Å². The van der Waals surface area contributed by atoms with Crippen LogP contribution in [0.5, 0.6) is 0 Å². The van der Waals surface area contributed by atoms with Crippen molar-refractivity contribution < 1.29 is 0 Å². The number of alkyl halides is 2. The van der Waals surface area contributed by atoms with Crippen molar-refractivity contribution in [3.8, 4) is 0 Å². The Morgan fingerprint density at radius 2 is 1.79 bits per heavy atom. The number of hydrogen-bond donors (Lipinski definition) is 0. The minimum absolute atomic E-state index is 0.782. The molecule has 0 aromatic heterocycles. The largest absolute Gasteiger partial charge is 0.0820 e. The number of rotatable bonds is 0. The van der Waals surface area contributed by atoms with Gasteiger partial charge >= 0.3 is 0 Å². The van der Waals surface area contributed by atoms with Crippen LogP contribution in [0.25, 0.3) is 0 Å². The summed E-state index contributed by atoms with van der Waals surface area (Å²) in [7, 11) is 0. The van der Waals surface area contributed by atoms with E-state index in [0.29, 0.717) is 0 Å². The van der Waals surface area contributed by atoms with Crippen molar-refractivity contribution in [2.45, 2.75) is 21.2 Å². The fraction of sp³-hybridized carbons (Fsp3) is 1.00. The van der Waals surface area contributed by atoms with Crippen molar-refractivity contribution in [1.29, 1.82) is 0 Å². The van der Waals surface area contributed by atoms with Crippen molar-refractivity contribution in [1.82, 2.24) is 0 Å². The Morgan fingerprint density at radius 1 is 1.00 bits per heavy atom. The summed E-state index contributed by atoms with van der Waals surface area (Å²) in [5.74, 6) is 8.18. The van der Waals surface area contributed by atoms with E-state index in [1.165, 1.54) is 17.8 Å². The number of hydrogen-bond acceptors (Lipinski definition) is 0. The van der Waals surface area contributed by atoms with Gasteiger partial charge < -0.3 is 0 Å². The third-order valence-corrected chi connectivity index (χ3v) is 10.6. The molecule has 6 fully saturated rings. The highest BCUT2D eigenvalue weighted by atomic mass is 127. The zero-order chi connectivity index (χ0) is 9.40. The molecule has 6 saturated carbocycles. The molecule has 2 heteroatoms. The molecule has 0 radical (unpaired) electrons. The van der Waals surface area contributed by atoms with Crippen LogP contribution in [0.3, 0.4) is 0 Å². The van der Waals surface area contributed by atoms with Gasteiger partial charge in [-0.05, 0) is 53.3 Å². The molecule has 0 nitrogen and oxygen atoms in total. The van der Waals surface area contributed by atoms with Crippen LogP contribution in [0, 0.1) is 46.8 Å². The maximum atomic E-state index is 2.82. The Kier molecular flexibility index (Phi) is 1.27. The predicted molar refractivity (Wildman–Crippen MR) is 72.8 cm³/mol. The first-order valence-corrected chi connectivity index (χ1v) is 8.44. The lowest BCUT2D eigenvalue weighted by Gasteiger charge is -2.40. The minimum atomic E-state index is 0.782. The van der Waals surface area contributed by atoms with Gasteiger partial charge in [-0.2, -0.15) is 0 Å². The van der Waals surface area contributed by atoms with Crippen molar-refractivity contribution in [3.63, 3.8) is 0 Å². The lowest BCUT2D eigenvalue weighted by atomic mass is 9.64. The standard InChI is InChI=1S/C12H14I2/c1-12-8-4-2-3-5(6(4)11(12)14)9(12)10(13)7(3)8/h3-11H,2H2,1H3/t3-,4+,5-,6+,7-,8-,9-,10-,11-,12-/m0/s1. The van der Waals surface area contributed by atoms with Gasteiger partial charge in [0.05, 0.1) is 0 Å². The zero-order valence-corrected chi connectivity index (χ0v) is 12.5. The summed E-state index contributed by atoms with van der Waals surface area (Å²) < 4.78 is 2.10. The highest BCUT2D eigenvalue weighted by molar-refractivity contribution is 14.1. The van der Waals surface area contributed by atoms with Crippen LogP contribution in [0.2, 0.25) is 0 Å². The predicted octanol–water partition coefficient (Wildman–Crippen LogP) is 3.37. The molecule has 10 atom stereocenters. The van der Waals surface area contributed by atoms with Crippen molar-refractivity contribution in [2.75, 3.05) is 0 Å². The monoisotopic (exact) mass is 412 g/mol. The molecule has 6 rings (SSSR count). The molecule has 0 aromatic rings. The maximum absolute atomic E-state index is 2.82. The van der Waals surface area contributed by atoms with E-state index in [9.17, 15) is 0 Å². The van der Waals surface area contributed by atoms with E-state index < -0.39 is 0 Å². The molecule has 0 aromatic carbocycles. The second-order valence-corrected chi connectivity index (χ2v) is 9.34. The van der Waals surface area contributed by atoms with Crippen LogP contribution in [0.1, 0.15) is 13.3 Å². The molecule has 6 bridgehead atoms. The first kappa shape index (κ1) is 8.54. The molecule has 0 saturated heterocycles. The summed E-state index contributed by atoms with van der Waals surface area (Å²) in [6.45, 7) is 2.65. The van der Waals surface area contributed by atoms with Gasteiger partial charge in [-0.3, -0.25) is 0 Å². The molecule has 76 valence electrons. The van der Waals surface area contributed by atoms with E-state index in [1.54, 1.807) is 6.42 Å². The molecule has 0 amide bonds. The zero-order valence-electron chi connectivity index (χ0n) is 8.16. The minimum Gasteiger partial charge on any atom is -0.0820 e. The Labute approximate surface area is 112 Å². The van der Waals surface area contributed by atoms with Gasteiger partial charge in [-0.25, -0.2) is 0 Å². The van der Waals surface area contributed by atoms with E-state index >= 15 is 0 Å². The third-order valence-electron chi connectivity index (χ3n) is 6.84. The topological polar surface area (TPSA) is 0 Å². The summed E-state index contributed by atoms with van der Waals surface area (Å²) in [4.78, 5) is 0. The van der Waals surface area contributed by atoms with Gasteiger partial charge in [-0.15, -0.1) is 0 Å². The van der Waals surface area contributed by atoms with E-state index in [4.69, 9.17) is 0 Å². The van der Waals surface area contributed by atoms with Gasteiger partial charge in [0.1, 0.15) is 0 Å². The Morgan fingerprint density at radius 3 is 2.50 bits per heavy atom. The first-order valence-electron chi connectivity index (χ1n) is 5.95. The average Bonchev–Trinajstić information content (AvgIpc) is 2.81. The molecule has 0 spiro atoms. The lowest BCUT2D eigenvalue weighted by Crippen LogP contribution is -2.37. The maximum Gasteiger partial charge on any atom is 0.0203 e. The van der Waals surface area contributed by atoms with E-state index in [2.05, 4.69) is 52.1 Å². The van der Waals surface area contributed by atoms with E-state index in [1.807, 2.05) is 0 Å². The molecule has 0 aliphatic heterocycles. The highest BCUT2D eigenvalue weighted by Gasteiger charge is 2.86. The van der Waals surface area contributed by atoms with Crippen LogP contribution in [-0.2, 0) is 0 Å². The Balaban J connectivity index is 1.88. The van der Waals surface area contributed by atoms with Crippen LogP contribution >= 0.6 is 45.2 Å². The van der Waals surface area contributed by atoms with Gasteiger partial charge in [0.15, 0.2) is 0 Å². The quantitative estimate of drug-likeness (QED) is 0.423. The van der Waals surface area contributed by atoms with Crippen LogP contribution in [0.15, 0.2) is 0 Å². The molecule has 6 aliphatic carbocycles. The molecular formula is C12H14I2. The molecule has 0 N–H and O–H groups in total. The van der Waals surface area contributed by atoms with E-state index in [-0.39, 0.29) is 0 Å². The molecule has 14 heavy (non-hydrogen) atoms. The van der Waals surface area contributed by atoms with Gasteiger partial charge in [-0.1, -0.05) is 52.1 Å². The fourth-order valence-electron chi connectivity index (χ4n) is 6.99. The van der Waals surface area contributed by atoms with Crippen LogP contribution < -0.4 is 0 Å². The van der Waals surface area contributed by atoms with Gasteiger partial charge in [0.25, 0.3) is 0 Å². The van der Waals surface area contributed by atoms with Crippen molar-refractivity contribution in [3.05, 3.63) is 0 Å². The second kappa shape index (κ2) is 2.08. The van der Waals surface area contributed by atoms with Gasteiger partial charge in [0, 0.05) is 7.85 Å². The summed E-state index contributed by atoms with van der Waals surface area (Å²) in [5.41, 5.74) is 0.782. The number of halogens is 2. The molecule has 0 unspecified atom stereocenters. The van der Waals surface area contributed by atoms with Gasteiger partial charge in [0.2, 0.25) is 0 Å². The smallest absolute Gasteiger partial charge is 0.0203 e. The fourth-order valence-corrected chi connectivity index (χ4v) is 11.1. The van der Waals surface area contributed by atoms with Crippen LogP contribution in [0.4, 0.5) is 0 Å². The molecule has 6 aliphatic rings. The Bertz CT molecular complexity index is 348.